The van der Waals surface area contributed by atoms with Crippen molar-refractivity contribution in [1.29, 1.82) is 0 Å². The number of ether oxygens (including phenoxy) is 1. The smallest absolute Gasteiger partial charge is 0.0700 e. The first-order valence-corrected chi connectivity index (χ1v) is 5.47. The fourth-order valence-corrected chi connectivity index (χ4v) is 1.41. The van der Waals surface area contributed by atoms with E-state index in [1.165, 1.54) is 5.56 Å². The van der Waals surface area contributed by atoms with Crippen LogP contribution in [-0.2, 0) is 11.2 Å². The van der Waals surface area contributed by atoms with Crippen LogP contribution >= 0.6 is 11.6 Å². The Balaban J connectivity index is 2.20. The zero-order valence-corrected chi connectivity index (χ0v) is 9.54. The molecule has 0 aliphatic heterocycles. The Hall–Kier alpha value is -0.790. The van der Waals surface area contributed by atoms with E-state index in [-0.39, 0.29) is 0 Å². The summed E-state index contributed by atoms with van der Waals surface area (Å²) in [6.45, 7) is 0.692. The van der Waals surface area contributed by atoms with Gasteiger partial charge in [0.15, 0.2) is 0 Å². The van der Waals surface area contributed by atoms with E-state index in [2.05, 4.69) is 31.4 Å². The van der Waals surface area contributed by atoms with Crippen molar-refractivity contribution in [2.45, 2.75) is 19.3 Å². The number of rotatable bonds is 6. The van der Waals surface area contributed by atoms with E-state index >= 15 is 0 Å². The largest absolute Gasteiger partial charge is 0.379 e. The van der Waals surface area contributed by atoms with Crippen molar-refractivity contribution in [3.05, 3.63) is 54.1 Å². The Morgan fingerprint density at radius 3 is 2.47 bits per heavy atom. The molecule has 0 atom stereocenters. The maximum absolute atomic E-state index is 5.80. The van der Waals surface area contributed by atoms with Gasteiger partial charge in [-0.05, 0) is 37.0 Å². The number of hydrogen-bond donors (Lipinski definition) is 0. The second-order valence-electron chi connectivity index (χ2n) is 3.33. The Morgan fingerprint density at radius 2 is 1.80 bits per heavy atom. The van der Waals surface area contributed by atoms with Crippen molar-refractivity contribution in [1.82, 2.24) is 0 Å². The van der Waals surface area contributed by atoms with Gasteiger partial charge in [0.05, 0.1) is 13.7 Å². The predicted octanol–water partition coefficient (Wildman–Crippen LogP) is 4.03. The van der Waals surface area contributed by atoms with Crippen molar-refractivity contribution >= 4 is 11.6 Å². The molecule has 0 heterocycles. The van der Waals surface area contributed by atoms with Crippen molar-refractivity contribution in [2.24, 2.45) is 0 Å². The average molecular weight is 224 g/mol. The molecule has 1 nitrogen and oxygen atoms in total. The molecule has 2 heteroatoms. The van der Waals surface area contributed by atoms with Gasteiger partial charge in [-0.15, -0.1) is 0 Å². The molecule has 1 aromatic carbocycles. The zero-order chi connectivity index (χ0) is 10.9. The molecule has 15 heavy (non-hydrogen) atoms. The number of benzene rings is 1. The molecule has 81 valence electrons. The van der Waals surface area contributed by atoms with E-state index < -0.39 is 0 Å². The van der Waals surface area contributed by atoms with E-state index in [1.807, 2.05) is 12.1 Å². The lowest BCUT2D eigenvalue weighted by Crippen LogP contribution is -1.84. The highest BCUT2D eigenvalue weighted by Gasteiger charge is 1.91. The topological polar surface area (TPSA) is 9.23 Å². The van der Waals surface area contributed by atoms with Gasteiger partial charge in [-0.1, -0.05) is 35.9 Å². The highest BCUT2D eigenvalue weighted by Crippen LogP contribution is 2.11. The molecular formula is C13H16ClO. The second kappa shape index (κ2) is 7.49. The van der Waals surface area contributed by atoms with Gasteiger partial charge >= 0.3 is 0 Å². The third-order valence-corrected chi connectivity index (χ3v) is 2.36. The molecule has 0 bridgehead atoms. The summed E-state index contributed by atoms with van der Waals surface area (Å²) in [5, 5.41) is 0.793. The molecular weight excluding hydrogens is 208 g/mol. The fourth-order valence-electron chi connectivity index (χ4n) is 1.29. The summed E-state index contributed by atoms with van der Waals surface area (Å²) >= 11 is 5.80. The van der Waals surface area contributed by atoms with Gasteiger partial charge in [-0.25, -0.2) is 0 Å². The minimum atomic E-state index is 0.692. The molecule has 0 unspecified atom stereocenters. The first-order chi connectivity index (χ1) is 7.33. The quantitative estimate of drug-likeness (QED) is 0.523. The highest BCUT2D eigenvalue weighted by atomic mass is 35.5. The maximum Gasteiger partial charge on any atom is 0.0700 e. The van der Waals surface area contributed by atoms with Crippen LogP contribution in [0.5, 0.6) is 0 Å². The Morgan fingerprint density at radius 1 is 1.13 bits per heavy atom. The summed E-state index contributed by atoms with van der Waals surface area (Å²) in [6, 6.07) is 7.99. The minimum absolute atomic E-state index is 0.692. The number of aryl methyl sites for hydroxylation is 1. The summed E-state index contributed by atoms with van der Waals surface area (Å²) in [5.41, 5.74) is 1.32. The van der Waals surface area contributed by atoms with Gasteiger partial charge in [0.2, 0.25) is 0 Å². The Labute approximate surface area is 96.7 Å². The molecule has 0 N–H and O–H groups in total. The summed E-state index contributed by atoms with van der Waals surface area (Å²) in [6.07, 6.45) is 7.34. The van der Waals surface area contributed by atoms with Gasteiger partial charge in [-0.2, -0.15) is 0 Å². The van der Waals surface area contributed by atoms with E-state index in [0.29, 0.717) is 6.61 Å². The molecule has 0 spiro atoms. The lowest BCUT2D eigenvalue weighted by molar-refractivity contribution is 0.248. The molecule has 0 saturated heterocycles. The lowest BCUT2D eigenvalue weighted by atomic mass is 10.1. The van der Waals surface area contributed by atoms with Crippen LogP contribution in [0.2, 0.25) is 5.02 Å². The SMILES string of the molecule is [CH2]OCCC=CCCc1ccc(Cl)cc1. The van der Waals surface area contributed by atoms with Gasteiger partial charge in [0.1, 0.15) is 0 Å². The van der Waals surface area contributed by atoms with E-state index in [0.717, 1.165) is 24.3 Å². The second-order valence-corrected chi connectivity index (χ2v) is 3.77. The normalized spacial score (nSPS) is 11.1. The van der Waals surface area contributed by atoms with Gasteiger partial charge in [-0.3, -0.25) is 0 Å². The number of hydrogen-bond acceptors (Lipinski definition) is 1. The standard InChI is InChI=1S/C13H16ClO/c1-15-11-5-3-2-4-6-12-7-9-13(14)10-8-12/h2-3,7-10H,1,4-6,11H2. The molecule has 1 aromatic rings. The van der Waals surface area contributed by atoms with Gasteiger partial charge < -0.3 is 4.74 Å². The monoisotopic (exact) mass is 223 g/mol. The highest BCUT2D eigenvalue weighted by molar-refractivity contribution is 6.30. The van der Waals surface area contributed by atoms with Crippen molar-refractivity contribution in [3.63, 3.8) is 0 Å². The molecule has 0 aliphatic rings. The maximum atomic E-state index is 5.80. The predicted molar refractivity (Wildman–Crippen MR) is 64.8 cm³/mol. The van der Waals surface area contributed by atoms with Gasteiger partial charge in [0, 0.05) is 5.02 Å². The van der Waals surface area contributed by atoms with Crippen LogP contribution in [-0.4, -0.2) is 6.61 Å². The van der Waals surface area contributed by atoms with Gasteiger partial charge in [0.25, 0.3) is 0 Å². The van der Waals surface area contributed by atoms with Crippen LogP contribution in [0.4, 0.5) is 0 Å². The first-order valence-electron chi connectivity index (χ1n) is 5.09. The van der Waals surface area contributed by atoms with Crippen LogP contribution in [0.15, 0.2) is 36.4 Å². The lowest BCUT2D eigenvalue weighted by Gasteiger charge is -1.98. The van der Waals surface area contributed by atoms with E-state index in [9.17, 15) is 0 Å². The molecule has 1 radical (unpaired) electrons. The molecule has 0 amide bonds. The van der Waals surface area contributed by atoms with Crippen molar-refractivity contribution in [3.8, 4) is 0 Å². The summed E-state index contributed by atoms with van der Waals surface area (Å²) in [4.78, 5) is 0. The molecule has 1 rings (SSSR count). The fraction of sp³-hybridized carbons (Fsp3) is 0.308. The summed E-state index contributed by atoms with van der Waals surface area (Å²) < 4.78 is 4.70. The first kappa shape index (κ1) is 12.3. The summed E-state index contributed by atoms with van der Waals surface area (Å²) in [7, 11) is 3.31. The van der Waals surface area contributed by atoms with Crippen molar-refractivity contribution < 1.29 is 4.74 Å². The van der Waals surface area contributed by atoms with E-state index in [4.69, 9.17) is 16.3 Å². The molecule has 0 fully saturated rings. The number of halogens is 1. The van der Waals surface area contributed by atoms with Crippen molar-refractivity contribution in [2.75, 3.05) is 6.61 Å². The third-order valence-electron chi connectivity index (χ3n) is 2.11. The number of allylic oxidation sites excluding steroid dienone is 1. The average Bonchev–Trinajstić information content (AvgIpc) is 2.26. The van der Waals surface area contributed by atoms with Crippen LogP contribution in [0, 0.1) is 7.11 Å². The molecule has 0 aromatic heterocycles. The summed E-state index contributed by atoms with van der Waals surface area (Å²) in [5.74, 6) is 0. The Bertz CT molecular complexity index is 290. The van der Waals surface area contributed by atoms with Crippen LogP contribution < -0.4 is 0 Å². The third kappa shape index (κ3) is 5.60. The van der Waals surface area contributed by atoms with Crippen LogP contribution in [0.1, 0.15) is 18.4 Å². The van der Waals surface area contributed by atoms with E-state index in [1.54, 1.807) is 0 Å². The zero-order valence-electron chi connectivity index (χ0n) is 8.79. The molecule has 0 aliphatic carbocycles. The van der Waals surface area contributed by atoms with Crippen LogP contribution in [0.3, 0.4) is 0 Å². The molecule has 0 saturated carbocycles. The Kier molecular flexibility index (Phi) is 6.14. The minimum Gasteiger partial charge on any atom is -0.379 e. The van der Waals surface area contributed by atoms with Crippen LogP contribution in [0.25, 0.3) is 0 Å².